The van der Waals surface area contributed by atoms with E-state index in [-0.39, 0.29) is 11.9 Å². The quantitative estimate of drug-likeness (QED) is 0.879. The number of hydrogen-bond donors (Lipinski definition) is 1. The fraction of sp³-hybridized carbons (Fsp3) is 0.375. The van der Waals surface area contributed by atoms with E-state index < -0.39 is 0 Å². The Morgan fingerprint density at radius 2 is 2.15 bits per heavy atom. The molecule has 1 unspecified atom stereocenters. The van der Waals surface area contributed by atoms with Crippen LogP contribution in [-0.4, -0.2) is 18.5 Å². The van der Waals surface area contributed by atoms with Gasteiger partial charge in [-0.1, -0.05) is 12.1 Å². The molecule has 20 heavy (non-hydrogen) atoms. The molecule has 4 heteroatoms. The largest absolute Gasteiger partial charge is 0.324 e. The highest BCUT2D eigenvalue weighted by atomic mass is 32.1. The molecular weight excluding hydrogens is 271 g/mol. The minimum atomic E-state index is -0.176. The topological polar surface area (TPSA) is 29.3 Å². The van der Waals surface area contributed by atoms with E-state index in [0.29, 0.717) is 5.56 Å². The summed E-state index contributed by atoms with van der Waals surface area (Å²) < 4.78 is 13.5. The summed E-state index contributed by atoms with van der Waals surface area (Å²) in [6, 6.07) is 7.28. The van der Waals surface area contributed by atoms with E-state index in [0.717, 1.165) is 25.1 Å². The maximum atomic E-state index is 13.5. The average molecular weight is 292 g/mol. The molecule has 0 saturated carbocycles. The second kappa shape index (κ2) is 6.97. The Bertz CT molecular complexity index is 539. The van der Waals surface area contributed by atoms with Crippen LogP contribution >= 0.6 is 11.3 Å². The monoisotopic (exact) mass is 292 g/mol. The summed E-state index contributed by atoms with van der Waals surface area (Å²) >= 11 is 1.71. The first-order valence-electron chi connectivity index (χ1n) is 6.77. The molecule has 1 aromatic carbocycles. The Hall–Kier alpha value is -1.23. The first-order chi connectivity index (χ1) is 9.56. The van der Waals surface area contributed by atoms with Crippen molar-refractivity contribution in [3.63, 3.8) is 0 Å². The molecule has 0 spiro atoms. The predicted molar refractivity (Wildman–Crippen MR) is 83.3 cm³/mol. The molecule has 0 aliphatic carbocycles. The zero-order valence-electron chi connectivity index (χ0n) is 12.0. The van der Waals surface area contributed by atoms with E-state index in [4.69, 9.17) is 5.73 Å². The van der Waals surface area contributed by atoms with Gasteiger partial charge in [0.25, 0.3) is 0 Å². The number of nitrogens with two attached hydrogens (primary N) is 1. The minimum absolute atomic E-state index is 0.116. The van der Waals surface area contributed by atoms with Crippen LogP contribution in [0.2, 0.25) is 0 Å². The summed E-state index contributed by atoms with van der Waals surface area (Å²) in [6.45, 7) is 3.59. The second-order valence-corrected chi connectivity index (χ2v) is 6.05. The Balaban J connectivity index is 1.85. The van der Waals surface area contributed by atoms with Crippen molar-refractivity contribution >= 4 is 11.3 Å². The lowest BCUT2D eigenvalue weighted by atomic mass is 10.0. The molecule has 2 aromatic rings. The van der Waals surface area contributed by atoms with Crippen molar-refractivity contribution in [1.82, 2.24) is 4.90 Å². The molecule has 2 nitrogen and oxygen atoms in total. The second-order valence-electron chi connectivity index (χ2n) is 5.27. The Morgan fingerprint density at radius 3 is 2.80 bits per heavy atom. The van der Waals surface area contributed by atoms with Gasteiger partial charge in [0.2, 0.25) is 0 Å². The van der Waals surface area contributed by atoms with E-state index in [2.05, 4.69) is 28.8 Å². The van der Waals surface area contributed by atoms with Crippen LogP contribution in [0.4, 0.5) is 4.39 Å². The van der Waals surface area contributed by atoms with Crippen molar-refractivity contribution in [3.05, 3.63) is 57.5 Å². The number of rotatable bonds is 6. The fourth-order valence-electron chi connectivity index (χ4n) is 2.14. The van der Waals surface area contributed by atoms with Crippen molar-refractivity contribution in [2.24, 2.45) is 5.73 Å². The van der Waals surface area contributed by atoms with Gasteiger partial charge in [-0.3, -0.25) is 0 Å². The zero-order chi connectivity index (χ0) is 14.5. The number of hydrogen-bond acceptors (Lipinski definition) is 3. The Kier molecular flexibility index (Phi) is 5.29. The van der Waals surface area contributed by atoms with Gasteiger partial charge in [-0.05, 0) is 66.5 Å². The van der Waals surface area contributed by atoms with E-state index in [1.807, 2.05) is 6.07 Å². The molecule has 0 aliphatic heterocycles. The molecule has 1 heterocycles. The smallest absolute Gasteiger partial charge is 0.126 e. The maximum Gasteiger partial charge on any atom is 0.126 e. The first kappa shape index (κ1) is 15.2. The van der Waals surface area contributed by atoms with Crippen molar-refractivity contribution in [3.8, 4) is 0 Å². The van der Waals surface area contributed by atoms with Gasteiger partial charge >= 0.3 is 0 Å². The van der Waals surface area contributed by atoms with Gasteiger partial charge in [0.1, 0.15) is 5.82 Å². The molecule has 108 valence electrons. The summed E-state index contributed by atoms with van der Waals surface area (Å²) in [7, 11) is 2.08. The SMILES string of the molecule is Cc1ccc(C(N)CCN(C)Cc2ccsc2)cc1F. The van der Waals surface area contributed by atoms with Gasteiger partial charge in [0, 0.05) is 12.6 Å². The van der Waals surface area contributed by atoms with Crippen molar-refractivity contribution < 1.29 is 4.39 Å². The van der Waals surface area contributed by atoms with Crippen LogP contribution < -0.4 is 5.73 Å². The summed E-state index contributed by atoms with van der Waals surface area (Å²) in [5.41, 5.74) is 9.01. The third-order valence-electron chi connectivity index (χ3n) is 3.48. The molecule has 0 aliphatic rings. The van der Waals surface area contributed by atoms with E-state index in [1.165, 1.54) is 5.56 Å². The van der Waals surface area contributed by atoms with Gasteiger partial charge in [0.15, 0.2) is 0 Å². The highest BCUT2D eigenvalue weighted by molar-refractivity contribution is 7.07. The molecule has 2 N–H and O–H groups in total. The van der Waals surface area contributed by atoms with Crippen LogP contribution in [0.5, 0.6) is 0 Å². The lowest BCUT2D eigenvalue weighted by molar-refractivity contribution is 0.312. The predicted octanol–water partition coefficient (Wildman–Crippen LogP) is 3.72. The van der Waals surface area contributed by atoms with Crippen LogP contribution in [0.15, 0.2) is 35.0 Å². The molecule has 1 atom stereocenters. The highest BCUT2D eigenvalue weighted by Gasteiger charge is 2.10. The molecule has 1 aromatic heterocycles. The number of thiophene rings is 1. The van der Waals surface area contributed by atoms with Crippen LogP contribution in [0.25, 0.3) is 0 Å². The molecule has 0 fully saturated rings. The van der Waals surface area contributed by atoms with E-state index in [9.17, 15) is 4.39 Å². The fourth-order valence-corrected chi connectivity index (χ4v) is 2.80. The van der Waals surface area contributed by atoms with Gasteiger partial charge in [0.05, 0.1) is 0 Å². The lowest BCUT2D eigenvalue weighted by Crippen LogP contribution is -2.23. The third kappa shape index (κ3) is 4.13. The summed E-state index contributed by atoms with van der Waals surface area (Å²) in [5, 5.41) is 4.25. The molecule has 0 bridgehead atoms. The van der Waals surface area contributed by atoms with Gasteiger partial charge < -0.3 is 10.6 Å². The number of benzene rings is 1. The lowest BCUT2D eigenvalue weighted by Gasteiger charge is -2.19. The van der Waals surface area contributed by atoms with Crippen molar-refractivity contribution in [2.75, 3.05) is 13.6 Å². The molecule has 0 saturated heterocycles. The van der Waals surface area contributed by atoms with Crippen LogP contribution in [-0.2, 0) is 6.54 Å². The summed E-state index contributed by atoms with van der Waals surface area (Å²) in [4.78, 5) is 2.24. The van der Waals surface area contributed by atoms with Crippen LogP contribution in [0, 0.1) is 12.7 Å². The van der Waals surface area contributed by atoms with Gasteiger partial charge in [-0.25, -0.2) is 4.39 Å². The van der Waals surface area contributed by atoms with E-state index in [1.54, 1.807) is 30.4 Å². The average Bonchev–Trinajstić information content (AvgIpc) is 2.92. The number of halogens is 1. The molecular formula is C16H21FN2S. The molecule has 2 rings (SSSR count). The van der Waals surface area contributed by atoms with Gasteiger partial charge in [-0.2, -0.15) is 11.3 Å². The normalized spacial score (nSPS) is 12.8. The summed E-state index contributed by atoms with van der Waals surface area (Å²) in [6.07, 6.45) is 0.823. The Morgan fingerprint density at radius 1 is 1.35 bits per heavy atom. The zero-order valence-corrected chi connectivity index (χ0v) is 12.8. The van der Waals surface area contributed by atoms with Crippen molar-refractivity contribution in [2.45, 2.75) is 25.9 Å². The van der Waals surface area contributed by atoms with E-state index >= 15 is 0 Å². The standard InChI is InChI=1S/C16H21FN2S/c1-12-3-4-14(9-15(12)17)16(18)5-7-19(2)10-13-6-8-20-11-13/h3-4,6,8-9,11,16H,5,7,10,18H2,1-2H3. The van der Waals surface area contributed by atoms with Crippen LogP contribution in [0.3, 0.4) is 0 Å². The number of aryl methyl sites for hydroxylation is 1. The number of nitrogens with zero attached hydrogens (tertiary/aromatic N) is 1. The minimum Gasteiger partial charge on any atom is -0.324 e. The Labute approximate surface area is 124 Å². The highest BCUT2D eigenvalue weighted by Crippen LogP contribution is 2.18. The molecule has 0 amide bonds. The molecule has 0 radical (unpaired) electrons. The third-order valence-corrected chi connectivity index (χ3v) is 4.21. The summed E-state index contributed by atoms with van der Waals surface area (Å²) in [5.74, 6) is -0.176. The van der Waals surface area contributed by atoms with Crippen molar-refractivity contribution in [1.29, 1.82) is 0 Å². The van der Waals surface area contributed by atoms with Crippen LogP contribution in [0.1, 0.15) is 29.2 Å². The van der Waals surface area contributed by atoms with Gasteiger partial charge in [-0.15, -0.1) is 0 Å². The first-order valence-corrected chi connectivity index (χ1v) is 7.72. The maximum absolute atomic E-state index is 13.5.